The van der Waals surface area contributed by atoms with E-state index in [-0.39, 0.29) is 0 Å². The molecule has 1 aliphatic heterocycles. The second-order valence-electron chi connectivity index (χ2n) is 5.76. The molecule has 1 N–H and O–H groups in total. The van der Waals surface area contributed by atoms with E-state index in [2.05, 4.69) is 38.2 Å². The normalized spacial score (nSPS) is 23.3. The largest absolute Gasteiger partial charge is 0.381 e. The molecular formula is C15H32N2O. The molecule has 18 heavy (non-hydrogen) atoms. The first-order valence-corrected chi connectivity index (χ1v) is 7.66. The van der Waals surface area contributed by atoms with Crippen LogP contribution < -0.4 is 5.32 Å². The highest BCUT2D eigenvalue weighted by atomic mass is 16.5. The smallest absolute Gasteiger partial charge is 0.0480 e. The Hall–Kier alpha value is -0.120. The third-order valence-electron chi connectivity index (χ3n) is 4.32. The fourth-order valence-electron chi connectivity index (χ4n) is 3.00. The summed E-state index contributed by atoms with van der Waals surface area (Å²) in [5, 5.41) is 3.77. The minimum absolute atomic E-state index is 0.657. The molecule has 0 aromatic heterocycles. The van der Waals surface area contributed by atoms with Crippen LogP contribution in [0.1, 0.15) is 46.0 Å². The fourth-order valence-corrected chi connectivity index (χ4v) is 3.00. The molecule has 3 nitrogen and oxygen atoms in total. The first-order chi connectivity index (χ1) is 8.69. The van der Waals surface area contributed by atoms with Crippen LogP contribution in [0.5, 0.6) is 0 Å². The van der Waals surface area contributed by atoms with Gasteiger partial charge in [-0.05, 0) is 39.3 Å². The molecule has 1 rings (SSSR count). The summed E-state index contributed by atoms with van der Waals surface area (Å²) < 4.78 is 5.52. The summed E-state index contributed by atoms with van der Waals surface area (Å²) in [5.74, 6) is 0.800. The Kier molecular flexibility index (Phi) is 7.87. The molecule has 1 fully saturated rings. The molecule has 0 saturated carbocycles. The predicted molar refractivity (Wildman–Crippen MR) is 78.0 cm³/mol. The monoisotopic (exact) mass is 256 g/mol. The number of nitrogens with one attached hydrogen (secondary N) is 1. The van der Waals surface area contributed by atoms with Gasteiger partial charge in [-0.2, -0.15) is 0 Å². The average Bonchev–Trinajstić information content (AvgIpc) is 2.62. The zero-order chi connectivity index (χ0) is 13.4. The lowest BCUT2D eigenvalue weighted by Crippen LogP contribution is -2.46. The summed E-state index contributed by atoms with van der Waals surface area (Å²) in [6, 6.07) is 1.31. The van der Waals surface area contributed by atoms with Crippen molar-refractivity contribution in [2.24, 2.45) is 5.92 Å². The number of ether oxygens (including phenoxy) is 1. The Balaban J connectivity index is 2.40. The SMILES string of the molecule is CCC(CC)C(CNC1CCCOCC1)N(C)C. The van der Waals surface area contributed by atoms with Crippen molar-refractivity contribution in [3.8, 4) is 0 Å². The highest BCUT2D eigenvalue weighted by molar-refractivity contribution is 4.80. The van der Waals surface area contributed by atoms with Gasteiger partial charge in [0.2, 0.25) is 0 Å². The third-order valence-corrected chi connectivity index (χ3v) is 4.32. The maximum absolute atomic E-state index is 5.52. The highest BCUT2D eigenvalue weighted by Gasteiger charge is 2.22. The first-order valence-electron chi connectivity index (χ1n) is 7.66. The second-order valence-corrected chi connectivity index (χ2v) is 5.76. The van der Waals surface area contributed by atoms with Crippen LogP contribution in [0.15, 0.2) is 0 Å². The molecule has 108 valence electrons. The minimum atomic E-state index is 0.657. The molecule has 1 saturated heterocycles. The van der Waals surface area contributed by atoms with Gasteiger partial charge in [-0.25, -0.2) is 0 Å². The summed E-state index contributed by atoms with van der Waals surface area (Å²) in [6.45, 7) is 7.61. The maximum atomic E-state index is 5.52. The molecule has 0 amide bonds. The average molecular weight is 256 g/mol. The van der Waals surface area contributed by atoms with Crippen molar-refractivity contribution in [2.45, 2.75) is 58.0 Å². The summed E-state index contributed by atoms with van der Waals surface area (Å²) in [6.07, 6.45) is 6.19. The molecule has 0 aromatic rings. The fraction of sp³-hybridized carbons (Fsp3) is 1.00. The van der Waals surface area contributed by atoms with Crippen molar-refractivity contribution in [2.75, 3.05) is 33.9 Å². The Morgan fingerprint density at radius 1 is 1.17 bits per heavy atom. The van der Waals surface area contributed by atoms with Crippen LogP contribution in [-0.2, 0) is 4.74 Å². The van der Waals surface area contributed by atoms with Gasteiger partial charge in [0.1, 0.15) is 0 Å². The van der Waals surface area contributed by atoms with E-state index in [1.54, 1.807) is 0 Å². The van der Waals surface area contributed by atoms with E-state index in [4.69, 9.17) is 4.74 Å². The van der Waals surface area contributed by atoms with Gasteiger partial charge in [0.25, 0.3) is 0 Å². The Morgan fingerprint density at radius 2 is 1.89 bits per heavy atom. The van der Waals surface area contributed by atoms with Crippen molar-refractivity contribution in [3.63, 3.8) is 0 Å². The summed E-state index contributed by atoms with van der Waals surface area (Å²) >= 11 is 0. The molecule has 0 spiro atoms. The Bertz CT molecular complexity index is 197. The van der Waals surface area contributed by atoms with Gasteiger partial charge in [0, 0.05) is 31.8 Å². The molecule has 2 atom stereocenters. The van der Waals surface area contributed by atoms with Gasteiger partial charge in [-0.3, -0.25) is 0 Å². The van der Waals surface area contributed by atoms with Crippen molar-refractivity contribution >= 4 is 0 Å². The topological polar surface area (TPSA) is 24.5 Å². The van der Waals surface area contributed by atoms with Crippen molar-refractivity contribution in [3.05, 3.63) is 0 Å². The van der Waals surface area contributed by atoms with Crippen molar-refractivity contribution < 1.29 is 4.74 Å². The maximum Gasteiger partial charge on any atom is 0.0480 e. The lowest BCUT2D eigenvalue weighted by atomic mass is 9.93. The van der Waals surface area contributed by atoms with Crippen LogP contribution in [-0.4, -0.2) is 50.8 Å². The third kappa shape index (κ3) is 5.25. The second kappa shape index (κ2) is 8.89. The molecule has 1 aliphatic rings. The van der Waals surface area contributed by atoms with E-state index in [0.29, 0.717) is 12.1 Å². The molecule has 2 unspecified atom stereocenters. The van der Waals surface area contributed by atoms with E-state index in [1.807, 2.05) is 0 Å². The zero-order valence-corrected chi connectivity index (χ0v) is 12.7. The summed E-state index contributed by atoms with van der Waals surface area (Å²) in [7, 11) is 4.42. The standard InChI is InChI=1S/C15H32N2O/c1-5-13(6-2)15(17(3)4)12-16-14-8-7-10-18-11-9-14/h13-16H,5-12H2,1-4H3. The van der Waals surface area contributed by atoms with Crippen LogP contribution >= 0.6 is 0 Å². The summed E-state index contributed by atoms with van der Waals surface area (Å²) in [5.41, 5.74) is 0. The number of rotatable bonds is 7. The van der Waals surface area contributed by atoms with Gasteiger partial charge in [0.15, 0.2) is 0 Å². The summed E-state index contributed by atoms with van der Waals surface area (Å²) in [4.78, 5) is 2.39. The molecule has 0 aliphatic carbocycles. The van der Waals surface area contributed by atoms with Crippen LogP contribution in [0.2, 0.25) is 0 Å². The van der Waals surface area contributed by atoms with E-state index in [1.165, 1.54) is 32.1 Å². The Labute approximate surface area is 113 Å². The lowest BCUT2D eigenvalue weighted by Gasteiger charge is -2.33. The van der Waals surface area contributed by atoms with Gasteiger partial charge < -0.3 is 15.0 Å². The molecule has 0 radical (unpaired) electrons. The minimum Gasteiger partial charge on any atom is -0.381 e. The van der Waals surface area contributed by atoms with Gasteiger partial charge >= 0.3 is 0 Å². The highest BCUT2D eigenvalue weighted by Crippen LogP contribution is 2.17. The number of nitrogens with zero attached hydrogens (tertiary/aromatic N) is 1. The number of likely N-dealkylation sites (N-methyl/N-ethyl adjacent to an activating group) is 1. The van der Waals surface area contributed by atoms with E-state index in [9.17, 15) is 0 Å². The molecule has 0 aromatic carbocycles. The Morgan fingerprint density at radius 3 is 2.50 bits per heavy atom. The molecule has 3 heteroatoms. The lowest BCUT2D eigenvalue weighted by molar-refractivity contribution is 0.141. The van der Waals surface area contributed by atoms with Crippen LogP contribution in [0, 0.1) is 5.92 Å². The van der Waals surface area contributed by atoms with E-state index in [0.717, 1.165) is 25.7 Å². The zero-order valence-electron chi connectivity index (χ0n) is 12.7. The van der Waals surface area contributed by atoms with E-state index < -0.39 is 0 Å². The molecular weight excluding hydrogens is 224 g/mol. The van der Waals surface area contributed by atoms with Gasteiger partial charge in [-0.15, -0.1) is 0 Å². The molecule has 1 heterocycles. The molecule has 0 bridgehead atoms. The van der Waals surface area contributed by atoms with Gasteiger partial charge in [-0.1, -0.05) is 26.7 Å². The number of hydrogen-bond acceptors (Lipinski definition) is 3. The van der Waals surface area contributed by atoms with Crippen LogP contribution in [0.4, 0.5) is 0 Å². The van der Waals surface area contributed by atoms with Crippen molar-refractivity contribution in [1.29, 1.82) is 0 Å². The van der Waals surface area contributed by atoms with Gasteiger partial charge in [0.05, 0.1) is 0 Å². The predicted octanol–water partition coefficient (Wildman–Crippen LogP) is 2.51. The number of hydrogen-bond donors (Lipinski definition) is 1. The van der Waals surface area contributed by atoms with Crippen molar-refractivity contribution in [1.82, 2.24) is 10.2 Å². The van der Waals surface area contributed by atoms with Crippen LogP contribution in [0.25, 0.3) is 0 Å². The van der Waals surface area contributed by atoms with Crippen LogP contribution in [0.3, 0.4) is 0 Å². The quantitative estimate of drug-likeness (QED) is 0.757. The van der Waals surface area contributed by atoms with E-state index >= 15 is 0 Å². The first kappa shape index (κ1) is 15.9.